The lowest BCUT2D eigenvalue weighted by molar-refractivity contribution is -0.296. The summed E-state index contributed by atoms with van der Waals surface area (Å²) in [5.74, 6) is -0.258. The molecule has 3 aromatic heterocycles. The van der Waals surface area contributed by atoms with E-state index in [1.54, 1.807) is 37.3 Å². The van der Waals surface area contributed by atoms with Gasteiger partial charge in [-0.15, -0.1) is 0 Å². The Labute approximate surface area is 306 Å². The average molecular weight is 753 g/mol. The van der Waals surface area contributed by atoms with E-state index >= 15 is 0 Å². The molecular formula is C35H40N6O11S. The van der Waals surface area contributed by atoms with Gasteiger partial charge in [0.15, 0.2) is 23.2 Å². The summed E-state index contributed by atoms with van der Waals surface area (Å²) in [7, 11) is 0. The third-order valence-corrected chi connectivity index (χ3v) is 10.1. The minimum absolute atomic E-state index is 0.123. The zero-order valence-corrected chi connectivity index (χ0v) is 29.7. The molecule has 2 amide bonds. The molecule has 2 saturated heterocycles. The van der Waals surface area contributed by atoms with Gasteiger partial charge in [-0.05, 0) is 30.3 Å². The first-order valence-electron chi connectivity index (χ1n) is 17.0. The van der Waals surface area contributed by atoms with E-state index in [1.807, 2.05) is 36.5 Å². The number of fused-ring (bicyclic) bond motifs is 3. The number of rotatable bonds is 12. The smallest absolute Gasteiger partial charge is 0.335 e. The number of aliphatic hydroxyl groups excluding tert-OH is 3. The van der Waals surface area contributed by atoms with Crippen LogP contribution in [0.3, 0.4) is 0 Å². The summed E-state index contributed by atoms with van der Waals surface area (Å²) in [6.45, 7) is 8.16. The molecule has 18 heteroatoms. The van der Waals surface area contributed by atoms with Crippen LogP contribution in [-0.2, 0) is 24.4 Å². The van der Waals surface area contributed by atoms with Gasteiger partial charge in [0.25, 0.3) is 0 Å². The highest BCUT2D eigenvalue weighted by atomic mass is 32.1. The van der Waals surface area contributed by atoms with Gasteiger partial charge in [-0.2, -0.15) is 0 Å². The number of aromatic nitrogens is 3. The number of urea groups is 1. The summed E-state index contributed by atoms with van der Waals surface area (Å²) in [6.07, 6.45) is -6.63. The van der Waals surface area contributed by atoms with E-state index in [9.17, 15) is 30.0 Å². The largest absolute Gasteiger partial charge is 0.492 e. The Morgan fingerprint density at radius 3 is 2.55 bits per heavy atom. The van der Waals surface area contributed by atoms with Crippen molar-refractivity contribution >= 4 is 50.0 Å². The first-order valence-corrected chi connectivity index (χ1v) is 17.8. The lowest BCUT2D eigenvalue weighted by Crippen LogP contribution is -2.60. The number of aliphatic carboxylic acids is 1. The number of nitrogens with zero attached hydrogens (tertiary/aromatic N) is 4. The van der Waals surface area contributed by atoms with Crippen molar-refractivity contribution in [3.8, 4) is 17.0 Å². The van der Waals surface area contributed by atoms with Crippen LogP contribution in [0.2, 0.25) is 0 Å². The number of thiazole rings is 1. The van der Waals surface area contributed by atoms with Gasteiger partial charge in [0.1, 0.15) is 36.4 Å². The molecule has 0 radical (unpaired) electrons. The van der Waals surface area contributed by atoms with Gasteiger partial charge in [-0.25, -0.2) is 14.6 Å². The second-order valence-corrected chi connectivity index (χ2v) is 14.5. The number of nitrogens with one attached hydrogen (secondary N) is 2. The number of amides is 2. The molecule has 0 saturated carbocycles. The van der Waals surface area contributed by atoms with Crippen LogP contribution in [0.4, 0.5) is 16.3 Å². The molecule has 6 N–H and O–H groups in total. The van der Waals surface area contributed by atoms with Crippen molar-refractivity contribution in [1.29, 1.82) is 0 Å². The Morgan fingerprint density at radius 1 is 1.02 bits per heavy atom. The number of carboxylic acid groups (broad SMARTS) is 1. The highest BCUT2D eigenvalue weighted by Gasteiger charge is 2.48. The number of anilines is 2. The molecule has 0 spiro atoms. The number of carbonyl (C=O) groups is 2. The Bertz CT molecular complexity index is 2060. The van der Waals surface area contributed by atoms with E-state index in [-0.39, 0.29) is 12.4 Å². The van der Waals surface area contributed by atoms with Crippen LogP contribution in [0.5, 0.6) is 5.75 Å². The molecule has 5 heterocycles. The van der Waals surface area contributed by atoms with Crippen LogP contribution < -0.4 is 15.4 Å². The van der Waals surface area contributed by atoms with E-state index in [0.29, 0.717) is 18.1 Å². The molecule has 2 unspecified atom stereocenters. The molecule has 2 aromatic carbocycles. The van der Waals surface area contributed by atoms with Crippen molar-refractivity contribution in [2.24, 2.45) is 0 Å². The van der Waals surface area contributed by atoms with Crippen LogP contribution in [0.15, 0.2) is 59.3 Å². The van der Waals surface area contributed by atoms with Gasteiger partial charge in [-0.1, -0.05) is 42.5 Å². The van der Waals surface area contributed by atoms with Crippen molar-refractivity contribution in [1.82, 2.24) is 19.4 Å². The van der Waals surface area contributed by atoms with Gasteiger partial charge in [0, 0.05) is 48.6 Å². The molecule has 17 nitrogen and oxygen atoms in total. The fourth-order valence-corrected chi connectivity index (χ4v) is 7.07. The van der Waals surface area contributed by atoms with Crippen molar-refractivity contribution < 1.29 is 53.5 Å². The first-order chi connectivity index (χ1) is 25.4. The molecule has 2 fully saturated rings. The lowest BCUT2D eigenvalue weighted by atomic mass is 9.91. The summed E-state index contributed by atoms with van der Waals surface area (Å²) in [5.41, 5.74) is 2.36. The third kappa shape index (κ3) is 8.14. The summed E-state index contributed by atoms with van der Waals surface area (Å²) >= 11 is 1.59. The second kappa shape index (κ2) is 15.4. The van der Waals surface area contributed by atoms with Crippen molar-refractivity contribution in [3.05, 3.63) is 60.5 Å². The number of carboxylic acids is 1. The van der Waals surface area contributed by atoms with E-state index in [0.717, 1.165) is 65.0 Å². The van der Waals surface area contributed by atoms with E-state index < -0.39 is 48.1 Å². The predicted molar refractivity (Wildman–Crippen MR) is 191 cm³/mol. The Hall–Kier alpha value is -4.66. The molecular weight excluding hydrogens is 712 g/mol. The monoisotopic (exact) mass is 752 g/mol. The maximum atomic E-state index is 12.8. The molecule has 0 bridgehead atoms. The third-order valence-electron chi connectivity index (χ3n) is 9.12. The zero-order valence-electron chi connectivity index (χ0n) is 28.9. The molecule has 7 rings (SSSR count). The number of hydrogen-bond acceptors (Lipinski definition) is 14. The standard InChI is InChI=1S/C35H40N6O11S/c1-35(2,18-50-32-29(44)27(42)28(43)30(51-32)31(45)46)25-16-26(39-52-25)38-33(47)36-20-5-3-19(4-6-20)22-17-41-23-8-7-21(15-24(23)53-34(41)37-22)49-14-11-40-9-12-48-13-10-40/h3-8,15-17,27-30,32,42-44H,9-14,18H2,1-2H3,(H,45,46)(H2,36,38,39,47)/t27?,28-,29-,30?,32+/m0/s1. The van der Waals surface area contributed by atoms with Gasteiger partial charge >= 0.3 is 12.0 Å². The van der Waals surface area contributed by atoms with E-state index in [2.05, 4.69) is 25.1 Å². The number of imidazole rings is 1. The molecule has 5 aromatic rings. The highest BCUT2D eigenvalue weighted by Crippen LogP contribution is 2.33. The number of carbonyl (C=O) groups excluding carboxylic acids is 1. The van der Waals surface area contributed by atoms with Gasteiger partial charge in [0.05, 0.1) is 35.7 Å². The number of ether oxygens (including phenoxy) is 4. The SMILES string of the molecule is CC(C)(CO[C@@H]1OC(C(=O)O)[C@@H](O)C(O)[C@@H]1O)c1cc(NC(=O)Nc2ccc(-c3cn4c(n3)sc3cc(OCCN5CCOCC5)ccc34)cc2)no1. The highest BCUT2D eigenvalue weighted by molar-refractivity contribution is 7.23. The number of hydrogen-bond donors (Lipinski definition) is 6. The van der Waals surface area contributed by atoms with E-state index in [4.69, 9.17) is 28.5 Å². The molecule has 2 aliphatic rings. The zero-order chi connectivity index (χ0) is 37.3. The van der Waals surface area contributed by atoms with Gasteiger partial charge in [0.2, 0.25) is 0 Å². The molecule has 5 atom stereocenters. The quantitative estimate of drug-likeness (QED) is 0.108. The maximum Gasteiger partial charge on any atom is 0.335 e. The average Bonchev–Trinajstić information content (AvgIpc) is 3.87. The molecule has 282 valence electrons. The maximum absolute atomic E-state index is 12.8. The summed E-state index contributed by atoms with van der Waals surface area (Å²) < 4.78 is 30.7. The van der Waals surface area contributed by atoms with Crippen LogP contribution in [0.1, 0.15) is 19.6 Å². The van der Waals surface area contributed by atoms with Gasteiger partial charge in [-0.3, -0.25) is 14.6 Å². The Morgan fingerprint density at radius 2 is 1.79 bits per heavy atom. The minimum Gasteiger partial charge on any atom is -0.492 e. The number of benzene rings is 2. The lowest BCUT2D eigenvalue weighted by Gasteiger charge is -2.39. The summed E-state index contributed by atoms with van der Waals surface area (Å²) in [6, 6.07) is 14.3. The molecule has 2 aliphatic heterocycles. The number of aliphatic hydroxyl groups is 3. The van der Waals surface area contributed by atoms with Gasteiger partial charge < -0.3 is 49.2 Å². The van der Waals surface area contributed by atoms with Crippen molar-refractivity contribution in [3.63, 3.8) is 0 Å². The van der Waals surface area contributed by atoms with Crippen LogP contribution in [0, 0.1) is 0 Å². The Kier molecular flexibility index (Phi) is 10.6. The van der Waals surface area contributed by atoms with Crippen LogP contribution >= 0.6 is 11.3 Å². The first kappa shape index (κ1) is 36.7. The fraction of sp³-hybridized carbons (Fsp3) is 0.429. The second-order valence-electron chi connectivity index (χ2n) is 13.5. The summed E-state index contributed by atoms with van der Waals surface area (Å²) in [4.78, 5) is 32.2. The number of morpholine rings is 1. The Balaban J connectivity index is 0.914. The van der Waals surface area contributed by atoms with Crippen molar-refractivity contribution in [2.45, 2.75) is 50.0 Å². The van der Waals surface area contributed by atoms with Crippen LogP contribution in [-0.4, -0.2) is 129 Å². The predicted octanol–water partition coefficient (Wildman–Crippen LogP) is 2.75. The molecule has 53 heavy (non-hydrogen) atoms. The van der Waals surface area contributed by atoms with E-state index in [1.165, 1.54) is 6.07 Å². The van der Waals surface area contributed by atoms with Crippen molar-refractivity contribution in [2.75, 3.05) is 56.7 Å². The minimum atomic E-state index is -1.83. The molecule has 0 aliphatic carbocycles. The normalized spacial score (nSPS) is 22.6. The fourth-order valence-electron chi connectivity index (χ4n) is 6.04. The topological polar surface area (TPSA) is 223 Å². The van der Waals surface area contributed by atoms with Crippen LogP contribution in [0.25, 0.3) is 26.4 Å². The summed E-state index contributed by atoms with van der Waals surface area (Å²) in [5, 5.41) is 48.7.